The Morgan fingerprint density at radius 2 is 1.71 bits per heavy atom. The average molecular weight is 431 g/mol. The number of hydrogen-bond acceptors (Lipinski definition) is 4. The fourth-order valence-electron chi connectivity index (χ4n) is 3.39. The Kier molecular flexibility index (Phi) is 4.79. The quantitative estimate of drug-likeness (QED) is 0.764. The number of halogens is 2. The molecule has 1 fully saturated rings. The molecule has 0 radical (unpaired) electrons. The lowest BCUT2D eigenvalue weighted by molar-refractivity contribution is 0.212. The Labute approximate surface area is 154 Å². The third-order valence-corrected chi connectivity index (χ3v) is 7.88. The maximum atomic E-state index is 13.1. The van der Waals surface area contributed by atoms with Crippen molar-refractivity contribution in [2.45, 2.75) is 16.1 Å². The first-order valence-corrected chi connectivity index (χ1v) is 10.1. The number of aliphatic hydroxyl groups is 1. The van der Waals surface area contributed by atoms with Crippen molar-refractivity contribution in [1.82, 2.24) is 0 Å². The fourth-order valence-corrected chi connectivity index (χ4v) is 6.23. The molecule has 1 aliphatic rings. The molecule has 0 aromatic heterocycles. The van der Waals surface area contributed by atoms with E-state index in [1.165, 1.54) is 12.1 Å². The SMILES string of the molecule is NC[C@]1(CO)[C@@H](c2ccc(Br)cc2)[C@@H]1S(=O)(=O)c1ccc(Cl)cc1. The Bertz CT molecular complexity index is 833. The molecule has 0 saturated heterocycles. The molecule has 0 heterocycles. The molecule has 0 amide bonds. The molecule has 1 aliphatic carbocycles. The lowest BCUT2D eigenvalue weighted by Gasteiger charge is -2.12. The Morgan fingerprint density at radius 3 is 2.21 bits per heavy atom. The van der Waals surface area contributed by atoms with Gasteiger partial charge in [0.15, 0.2) is 9.84 Å². The van der Waals surface area contributed by atoms with Gasteiger partial charge in [-0.15, -0.1) is 0 Å². The van der Waals surface area contributed by atoms with Gasteiger partial charge in [-0.1, -0.05) is 39.7 Å². The summed E-state index contributed by atoms with van der Waals surface area (Å²) in [4.78, 5) is 0.197. The molecule has 7 heteroatoms. The van der Waals surface area contributed by atoms with Gasteiger partial charge < -0.3 is 10.8 Å². The number of rotatable bonds is 5. The second kappa shape index (κ2) is 6.42. The maximum absolute atomic E-state index is 13.1. The fraction of sp³-hybridized carbons (Fsp3) is 0.294. The molecule has 4 nitrogen and oxygen atoms in total. The zero-order valence-electron chi connectivity index (χ0n) is 12.7. The minimum absolute atomic E-state index is 0.0989. The van der Waals surface area contributed by atoms with E-state index in [9.17, 15) is 13.5 Å². The van der Waals surface area contributed by atoms with E-state index in [1.807, 2.05) is 24.3 Å². The van der Waals surface area contributed by atoms with Gasteiger partial charge in [0.2, 0.25) is 0 Å². The second-order valence-corrected chi connectivity index (χ2v) is 9.47. The standard InChI is InChI=1S/C17H17BrClNO3S/c18-12-3-1-11(2-4-12)15-16(17(15,9-20)10-21)24(22,23)14-7-5-13(19)6-8-14/h1-8,15-16,21H,9-10,20H2/t15-,16-,17-/m0/s1. The third kappa shape index (κ3) is 2.80. The van der Waals surface area contributed by atoms with E-state index in [-0.39, 0.29) is 24.0 Å². The van der Waals surface area contributed by atoms with E-state index >= 15 is 0 Å². The molecule has 0 spiro atoms. The summed E-state index contributed by atoms with van der Waals surface area (Å²) in [7, 11) is -3.63. The Morgan fingerprint density at radius 1 is 1.12 bits per heavy atom. The van der Waals surface area contributed by atoms with Gasteiger partial charge in [0, 0.05) is 27.4 Å². The van der Waals surface area contributed by atoms with Crippen LogP contribution in [0.1, 0.15) is 11.5 Å². The molecule has 0 unspecified atom stereocenters. The van der Waals surface area contributed by atoms with Crippen LogP contribution >= 0.6 is 27.5 Å². The number of benzene rings is 2. The van der Waals surface area contributed by atoms with Crippen molar-refractivity contribution in [1.29, 1.82) is 0 Å². The highest BCUT2D eigenvalue weighted by atomic mass is 79.9. The highest BCUT2D eigenvalue weighted by molar-refractivity contribution is 9.10. The molecule has 128 valence electrons. The van der Waals surface area contributed by atoms with Gasteiger partial charge in [-0.25, -0.2) is 8.42 Å². The highest BCUT2D eigenvalue weighted by Gasteiger charge is 2.70. The molecule has 0 bridgehead atoms. The molecule has 2 aromatic carbocycles. The lowest BCUT2D eigenvalue weighted by Crippen LogP contribution is -2.27. The van der Waals surface area contributed by atoms with E-state index in [2.05, 4.69) is 15.9 Å². The normalized spacial score (nSPS) is 26.3. The summed E-state index contributed by atoms with van der Waals surface area (Å²) in [6.07, 6.45) is 0. The van der Waals surface area contributed by atoms with Crippen LogP contribution in [0.2, 0.25) is 5.02 Å². The molecule has 0 aliphatic heterocycles. The van der Waals surface area contributed by atoms with Gasteiger partial charge in [-0.3, -0.25) is 0 Å². The topological polar surface area (TPSA) is 80.4 Å². The minimum Gasteiger partial charge on any atom is -0.396 e. The Hall–Kier alpha value is -0.920. The van der Waals surface area contributed by atoms with Gasteiger partial charge in [0.1, 0.15) is 0 Å². The van der Waals surface area contributed by atoms with Crippen molar-refractivity contribution in [3.63, 3.8) is 0 Å². The van der Waals surface area contributed by atoms with E-state index in [1.54, 1.807) is 12.1 Å². The van der Waals surface area contributed by atoms with E-state index in [4.69, 9.17) is 17.3 Å². The highest BCUT2D eigenvalue weighted by Crippen LogP contribution is 2.63. The van der Waals surface area contributed by atoms with Crippen LogP contribution in [0.3, 0.4) is 0 Å². The molecule has 2 aromatic rings. The largest absolute Gasteiger partial charge is 0.396 e. The average Bonchev–Trinajstić information content (AvgIpc) is 3.26. The van der Waals surface area contributed by atoms with E-state index < -0.39 is 20.5 Å². The molecule has 3 atom stereocenters. The van der Waals surface area contributed by atoms with Crippen molar-refractivity contribution in [3.05, 3.63) is 63.6 Å². The third-order valence-electron chi connectivity index (χ3n) is 4.76. The molecule has 3 N–H and O–H groups in total. The number of aliphatic hydroxyl groups excluding tert-OH is 1. The first kappa shape index (κ1) is 17.9. The van der Waals surface area contributed by atoms with Crippen LogP contribution < -0.4 is 5.73 Å². The first-order chi connectivity index (χ1) is 11.4. The number of nitrogens with two attached hydrogens (primary N) is 1. The molecular weight excluding hydrogens is 414 g/mol. The monoisotopic (exact) mass is 429 g/mol. The summed E-state index contributed by atoms with van der Waals surface area (Å²) in [6, 6.07) is 13.5. The molecule has 1 saturated carbocycles. The Balaban J connectivity index is 2.04. The predicted molar refractivity (Wildman–Crippen MR) is 97.9 cm³/mol. The van der Waals surface area contributed by atoms with Crippen LogP contribution in [0.15, 0.2) is 57.9 Å². The lowest BCUT2D eigenvalue weighted by atomic mass is 10.0. The summed E-state index contributed by atoms with van der Waals surface area (Å²) < 4.78 is 27.1. The van der Waals surface area contributed by atoms with Crippen molar-refractivity contribution in [2.24, 2.45) is 11.1 Å². The van der Waals surface area contributed by atoms with Gasteiger partial charge in [0.05, 0.1) is 16.8 Å². The first-order valence-electron chi connectivity index (χ1n) is 7.42. The van der Waals surface area contributed by atoms with Gasteiger partial charge in [0.25, 0.3) is 0 Å². The summed E-state index contributed by atoms with van der Waals surface area (Å²) in [5.41, 5.74) is 5.88. The van der Waals surface area contributed by atoms with Crippen molar-refractivity contribution >= 4 is 37.4 Å². The summed E-state index contributed by atoms with van der Waals surface area (Å²) in [5.74, 6) is -0.332. The predicted octanol–water partition coefficient (Wildman–Crippen LogP) is 2.98. The number of hydrogen-bond donors (Lipinski definition) is 2. The molecule has 24 heavy (non-hydrogen) atoms. The summed E-state index contributed by atoms with van der Waals surface area (Å²) in [5, 5.41) is 9.62. The van der Waals surface area contributed by atoms with Crippen LogP contribution in [0, 0.1) is 5.41 Å². The maximum Gasteiger partial charge on any atom is 0.182 e. The van der Waals surface area contributed by atoms with Crippen LogP contribution in [-0.2, 0) is 9.84 Å². The van der Waals surface area contributed by atoms with Crippen molar-refractivity contribution < 1.29 is 13.5 Å². The smallest absolute Gasteiger partial charge is 0.182 e. The summed E-state index contributed by atoms with van der Waals surface area (Å²) >= 11 is 9.22. The van der Waals surface area contributed by atoms with Crippen molar-refractivity contribution in [3.8, 4) is 0 Å². The molecule has 3 rings (SSSR count). The van der Waals surface area contributed by atoms with Crippen LogP contribution in [0.25, 0.3) is 0 Å². The number of sulfone groups is 1. The molecular formula is C17H17BrClNO3S. The van der Waals surface area contributed by atoms with Crippen molar-refractivity contribution in [2.75, 3.05) is 13.2 Å². The van der Waals surface area contributed by atoms with Crippen LogP contribution in [-0.4, -0.2) is 31.9 Å². The van der Waals surface area contributed by atoms with Gasteiger partial charge in [-0.2, -0.15) is 0 Å². The zero-order valence-corrected chi connectivity index (χ0v) is 15.9. The van der Waals surface area contributed by atoms with Crippen LogP contribution in [0.4, 0.5) is 0 Å². The van der Waals surface area contributed by atoms with E-state index in [0.717, 1.165) is 10.0 Å². The van der Waals surface area contributed by atoms with Crippen LogP contribution in [0.5, 0.6) is 0 Å². The zero-order chi connectivity index (χ0) is 17.5. The van der Waals surface area contributed by atoms with E-state index in [0.29, 0.717) is 5.02 Å². The van der Waals surface area contributed by atoms with Gasteiger partial charge in [-0.05, 0) is 42.0 Å². The van der Waals surface area contributed by atoms with Gasteiger partial charge >= 0.3 is 0 Å². The second-order valence-electron chi connectivity index (χ2n) is 6.04. The summed E-state index contributed by atoms with van der Waals surface area (Å²) in [6.45, 7) is -0.177. The minimum atomic E-state index is -3.63.